The Morgan fingerprint density at radius 1 is 1.11 bits per heavy atom. The van der Waals surface area contributed by atoms with Crippen molar-refractivity contribution in [1.29, 1.82) is 5.26 Å². The van der Waals surface area contributed by atoms with Crippen LogP contribution in [-0.2, 0) is 6.61 Å². The number of hydrogen-bond acceptors (Lipinski definition) is 3. The predicted molar refractivity (Wildman–Crippen MR) is 76.2 cm³/mol. The van der Waals surface area contributed by atoms with Crippen molar-refractivity contribution >= 4 is 15.9 Å². The minimum atomic E-state index is 0.454. The molecule has 2 aromatic rings. The van der Waals surface area contributed by atoms with Crippen molar-refractivity contribution in [3.05, 3.63) is 58.1 Å². The zero-order chi connectivity index (χ0) is 13.7. The summed E-state index contributed by atoms with van der Waals surface area (Å²) in [7, 11) is 1.56. The Morgan fingerprint density at radius 2 is 1.84 bits per heavy atom. The fourth-order valence-corrected chi connectivity index (χ4v) is 1.86. The van der Waals surface area contributed by atoms with Gasteiger partial charge in [0.05, 0.1) is 18.7 Å². The highest BCUT2D eigenvalue weighted by atomic mass is 79.9. The maximum Gasteiger partial charge on any atom is 0.162 e. The molecule has 0 amide bonds. The van der Waals surface area contributed by atoms with Crippen molar-refractivity contribution in [3.8, 4) is 17.6 Å². The molecule has 0 atom stereocenters. The minimum absolute atomic E-state index is 0.454. The second-order valence-electron chi connectivity index (χ2n) is 3.89. The fourth-order valence-electron chi connectivity index (χ4n) is 1.60. The summed E-state index contributed by atoms with van der Waals surface area (Å²) < 4.78 is 11.9. The average Bonchev–Trinajstić information content (AvgIpc) is 2.46. The molecule has 0 saturated carbocycles. The van der Waals surface area contributed by atoms with Crippen LogP contribution < -0.4 is 9.47 Å². The van der Waals surface area contributed by atoms with Crippen LogP contribution in [0.5, 0.6) is 11.5 Å². The van der Waals surface area contributed by atoms with E-state index in [-0.39, 0.29) is 0 Å². The number of nitrogens with zero attached hydrogens (tertiary/aromatic N) is 1. The van der Waals surface area contributed by atoms with E-state index < -0.39 is 0 Å². The monoisotopic (exact) mass is 317 g/mol. The number of hydrogen-bond donors (Lipinski definition) is 0. The van der Waals surface area contributed by atoms with Crippen LogP contribution in [0.15, 0.2) is 46.9 Å². The third-order valence-corrected chi connectivity index (χ3v) is 3.13. The molecule has 19 heavy (non-hydrogen) atoms. The van der Waals surface area contributed by atoms with Gasteiger partial charge in [0.25, 0.3) is 0 Å². The lowest BCUT2D eigenvalue weighted by molar-refractivity contribution is 0.284. The molecular weight excluding hydrogens is 306 g/mol. The summed E-state index contributed by atoms with van der Waals surface area (Å²) in [6, 6.07) is 15.1. The molecule has 0 heterocycles. The molecule has 0 aliphatic heterocycles. The van der Waals surface area contributed by atoms with E-state index in [1.54, 1.807) is 25.3 Å². The van der Waals surface area contributed by atoms with E-state index in [1.165, 1.54) is 0 Å². The Labute approximate surface area is 120 Å². The minimum Gasteiger partial charge on any atom is -0.493 e. The first-order chi connectivity index (χ1) is 9.22. The maximum absolute atomic E-state index is 8.83. The molecule has 0 N–H and O–H groups in total. The molecule has 3 nitrogen and oxygen atoms in total. The van der Waals surface area contributed by atoms with Gasteiger partial charge in [-0.15, -0.1) is 0 Å². The first kappa shape index (κ1) is 13.4. The van der Waals surface area contributed by atoms with Gasteiger partial charge in [-0.25, -0.2) is 0 Å². The van der Waals surface area contributed by atoms with Crippen LogP contribution in [0.4, 0.5) is 0 Å². The van der Waals surface area contributed by atoms with E-state index in [4.69, 9.17) is 14.7 Å². The molecule has 0 spiro atoms. The third-order valence-electron chi connectivity index (χ3n) is 2.60. The van der Waals surface area contributed by atoms with E-state index >= 15 is 0 Å². The van der Waals surface area contributed by atoms with Crippen molar-refractivity contribution in [3.63, 3.8) is 0 Å². The predicted octanol–water partition coefficient (Wildman–Crippen LogP) is 3.91. The Morgan fingerprint density at radius 3 is 2.47 bits per heavy atom. The zero-order valence-electron chi connectivity index (χ0n) is 10.4. The smallest absolute Gasteiger partial charge is 0.162 e. The molecule has 0 unspecified atom stereocenters. The highest BCUT2D eigenvalue weighted by Gasteiger charge is 2.06. The van der Waals surface area contributed by atoms with Crippen molar-refractivity contribution in [2.24, 2.45) is 0 Å². The van der Waals surface area contributed by atoms with Crippen molar-refractivity contribution in [1.82, 2.24) is 0 Å². The molecular formula is C15H12BrNO2. The molecule has 0 bridgehead atoms. The number of halogens is 1. The number of nitriles is 1. The third kappa shape index (κ3) is 3.49. The Hall–Kier alpha value is -1.99. The molecule has 0 aliphatic carbocycles. The van der Waals surface area contributed by atoms with Crippen LogP contribution in [0.2, 0.25) is 0 Å². The second kappa shape index (κ2) is 6.26. The van der Waals surface area contributed by atoms with Gasteiger partial charge in [-0.2, -0.15) is 5.26 Å². The van der Waals surface area contributed by atoms with Crippen LogP contribution in [0, 0.1) is 11.3 Å². The Balaban J connectivity index is 2.11. The highest BCUT2D eigenvalue weighted by molar-refractivity contribution is 9.10. The van der Waals surface area contributed by atoms with Gasteiger partial charge in [0.2, 0.25) is 0 Å². The lowest BCUT2D eigenvalue weighted by atomic mass is 10.2. The van der Waals surface area contributed by atoms with Gasteiger partial charge in [0, 0.05) is 10.5 Å². The van der Waals surface area contributed by atoms with Gasteiger partial charge in [-0.05, 0) is 29.8 Å². The zero-order valence-corrected chi connectivity index (χ0v) is 12.0. The number of rotatable bonds is 4. The van der Waals surface area contributed by atoms with Crippen LogP contribution in [0.1, 0.15) is 11.1 Å². The Bertz CT molecular complexity index is 603. The van der Waals surface area contributed by atoms with Gasteiger partial charge in [-0.3, -0.25) is 0 Å². The largest absolute Gasteiger partial charge is 0.493 e. The summed E-state index contributed by atoms with van der Waals surface area (Å²) in [4.78, 5) is 0. The second-order valence-corrected chi connectivity index (χ2v) is 4.81. The summed E-state index contributed by atoms with van der Waals surface area (Å²) >= 11 is 3.39. The number of ether oxygens (including phenoxy) is 2. The summed E-state index contributed by atoms with van der Waals surface area (Å²) in [5, 5.41) is 8.83. The van der Waals surface area contributed by atoms with Gasteiger partial charge in [0.1, 0.15) is 6.61 Å². The van der Waals surface area contributed by atoms with E-state index in [0.717, 1.165) is 10.0 Å². The van der Waals surface area contributed by atoms with Gasteiger partial charge in [-0.1, -0.05) is 28.1 Å². The van der Waals surface area contributed by atoms with E-state index in [2.05, 4.69) is 22.0 Å². The normalized spacial score (nSPS) is 9.74. The summed E-state index contributed by atoms with van der Waals surface area (Å²) in [6.45, 7) is 0.454. The molecule has 0 aliphatic rings. The van der Waals surface area contributed by atoms with Crippen molar-refractivity contribution in [2.45, 2.75) is 6.61 Å². The summed E-state index contributed by atoms with van der Waals surface area (Å²) in [5.74, 6) is 1.19. The molecule has 96 valence electrons. The lowest BCUT2D eigenvalue weighted by Gasteiger charge is -2.10. The molecule has 0 aromatic heterocycles. The highest BCUT2D eigenvalue weighted by Crippen LogP contribution is 2.28. The van der Waals surface area contributed by atoms with Gasteiger partial charge in [0.15, 0.2) is 11.5 Å². The van der Waals surface area contributed by atoms with Gasteiger partial charge >= 0.3 is 0 Å². The molecule has 4 heteroatoms. The first-order valence-corrected chi connectivity index (χ1v) is 6.47. The lowest BCUT2D eigenvalue weighted by Crippen LogP contribution is -1.97. The van der Waals surface area contributed by atoms with Crippen molar-refractivity contribution in [2.75, 3.05) is 7.11 Å². The molecule has 2 aromatic carbocycles. The van der Waals surface area contributed by atoms with Gasteiger partial charge < -0.3 is 9.47 Å². The molecule has 0 saturated heterocycles. The molecule has 0 radical (unpaired) electrons. The van der Waals surface area contributed by atoms with Crippen LogP contribution in [0.3, 0.4) is 0 Å². The fraction of sp³-hybridized carbons (Fsp3) is 0.133. The molecule has 0 fully saturated rings. The topological polar surface area (TPSA) is 42.2 Å². The first-order valence-electron chi connectivity index (χ1n) is 5.68. The maximum atomic E-state index is 8.83. The van der Waals surface area contributed by atoms with Crippen LogP contribution in [0.25, 0.3) is 0 Å². The van der Waals surface area contributed by atoms with E-state index in [1.807, 2.05) is 24.3 Å². The van der Waals surface area contributed by atoms with Crippen molar-refractivity contribution < 1.29 is 9.47 Å². The number of methoxy groups -OCH3 is 1. The van der Waals surface area contributed by atoms with Crippen LogP contribution >= 0.6 is 15.9 Å². The van der Waals surface area contributed by atoms with E-state index in [0.29, 0.717) is 23.7 Å². The number of benzene rings is 2. The van der Waals surface area contributed by atoms with Crippen LogP contribution in [-0.4, -0.2) is 7.11 Å². The average molecular weight is 318 g/mol. The SMILES string of the molecule is COc1cc(C#N)ccc1OCc1ccc(Br)cc1. The van der Waals surface area contributed by atoms with E-state index in [9.17, 15) is 0 Å². The Kier molecular flexibility index (Phi) is 4.43. The standard InChI is InChI=1S/C15H12BrNO2/c1-18-15-8-12(9-17)4-7-14(15)19-10-11-2-5-13(16)6-3-11/h2-8H,10H2,1H3. The summed E-state index contributed by atoms with van der Waals surface area (Å²) in [5.41, 5.74) is 1.61. The summed E-state index contributed by atoms with van der Waals surface area (Å²) in [6.07, 6.45) is 0. The quantitative estimate of drug-likeness (QED) is 0.858. The molecule has 2 rings (SSSR count).